The van der Waals surface area contributed by atoms with Crippen LogP contribution in [0.4, 0.5) is 4.39 Å². The highest BCUT2D eigenvalue weighted by molar-refractivity contribution is 9.10. The lowest BCUT2D eigenvalue weighted by molar-refractivity contribution is 0.134. The summed E-state index contributed by atoms with van der Waals surface area (Å²) in [5, 5.41) is 10.6. The van der Waals surface area contributed by atoms with Gasteiger partial charge in [0.05, 0.1) is 6.61 Å². The van der Waals surface area contributed by atoms with E-state index in [1.54, 1.807) is 5.01 Å². The molecule has 0 spiro atoms. The second kappa shape index (κ2) is 6.67. The largest absolute Gasteiger partial charge is 0.392 e. The fraction of sp³-hybridized carbons (Fsp3) is 0.500. The second-order valence-electron chi connectivity index (χ2n) is 4.92. The van der Waals surface area contributed by atoms with E-state index in [0.717, 1.165) is 13.1 Å². The SMILES string of the molecule is CN1CCN(NS(=O)(=O)c2cc(Br)cc(CO)c2F)CC1. The van der Waals surface area contributed by atoms with E-state index in [-0.39, 0.29) is 5.56 Å². The first-order valence-electron chi connectivity index (χ1n) is 6.38. The van der Waals surface area contributed by atoms with Crippen LogP contribution < -0.4 is 4.83 Å². The maximum atomic E-state index is 14.1. The molecule has 0 unspecified atom stereocenters. The van der Waals surface area contributed by atoms with Crippen LogP contribution >= 0.6 is 15.9 Å². The highest BCUT2D eigenvalue weighted by atomic mass is 79.9. The molecule has 21 heavy (non-hydrogen) atoms. The van der Waals surface area contributed by atoms with Gasteiger partial charge in [0.15, 0.2) is 0 Å². The Morgan fingerprint density at radius 2 is 1.95 bits per heavy atom. The second-order valence-corrected chi connectivity index (χ2v) is 7.47. The minimum absolute atomic E-state index is 0.0665. The van der Waals surface area contributed by atoms with Crippen LogP contribution in [-0.2, 0) is 16.6 Å². The molecule has 0 radical (unpaired) electrons. The predicted molar refractivity (Wildman–Crippen MR) is 79.4 cm³/mol. The van der Waals surface area contributed by atoms with E-state index >= 15 is 0 Å². The lowest BCUT2D eigenvalue weighted by Crippen LogP contribution is -2.52. The monoisotopic (exact) mass is 381 g/mol. The molecule has 2 N–H and O–H groups in total. The molecule has 118 valence electrons. The first-order chi connectivity index (χ1) is 9.83. The highest BCUT2D eigenvalue weighted by Crippen LogP contribution is 2.24. The number of halogens is 2. The molecule has 9 heteroatoms. The number of rotatable bonds is 4. The van der Waals surface area contributed by atoms with Gasteiger partial charge < -0.3 is 10.0 Å². The van der Waals surface area contributed by atoms with Crippen molar-refractivity contribution in [2.75, 3.05) is 33.2 Å². The average molecular weight is 382 g/mol. The number of nitrogens with zero attached hydrogens (tertiary/aromatic N) is 2. The standard InChI is InChI=1S/C12H17BrFN3O3S/c1-16-2-4-17(5-3-16)15-21(19,20)11-7-10(13)6-9(8-18)12(11)14/h6-7,15,18H,2-5,8H2,1H3. The molecular formula is C12H17BrFN3O3S. The summed E-state index contributed by atoms with van der Waals surface area (Å²) >= 11 is 3.12. The number of likely N-dealkylation sites (N-methyl/N-ethyl adjacent to an activating group) is 1. The molecule has 2 rings (SSSR count). The fourth-order valence-electron chi connectivity index (χ4n) is 2.05. The van der Waals surface area contributed by atoms with Gasteiger partial charge in [0, 0.05) is 36.2 Å². The Kier molecular flexibility index (Phi) is 5.33. The third-order valence-corrected chi connectivity index (χ3v) is 5.12. The number of aliphatic hydroxyl groups excluding tert-OH is 1. The Hall–Kier alpha value is -0.580. The number of hydrogen-bond donors (Lipinski definition) is 2. The molecule has 0 bridgehead atoms. The van der Waals surface area contributed by atoms with Crippen LogP contribution in [-0.4, -0.2) is 56.7 Å². The van der Waals surface area contributed by atoms with Crippen LogP contribution in [0.15, 0.2) is 21.5 Å². The summed E-state index contributed by atoms with van der Waals surface area (Å²) in [6, 6.07) is 2.54. The Morgan fingerprint density at radius 1 is 1.33 bits per heavy atom. The molecule has 0 aliphatic carbocycles. The van der Waals surface area contributed by atoms with Crippen LogP contribution in [0.1, 0.15) is 5.56 Å². The lowest BCUT2D eigenvalue weighted by Gasteiger charge is -2.32. The van der Waals surface area contributed by atoms with Gasteiger partial charge in [-0.25, -0.2) is 17.8 Å². The highest BCUT2D eigenvalue weighted by Gasteiger charge is 2.26. The molecule has 1 heterocycles. The average Bonchev–Trinajstić information content (AvgIpc) is 2.43. The van der Waals surface area contributed by atoms with Crippen molar-refractivity contribution in [2.45, 2.75) is 11.5 Å². The zero-order chi connectivity index (χ0) is 15.6. The van der Waals surface area contributed by atoms with E-state index in [0.29, 0.717) is 17.6 Å². The first kappa shape index (κ1) is 16.8. The third kappa shape index (κ3) is 3.99. The summed E-state index contributed by atoms with van der Waals surface area (Å²) in [5.41, 5.74) is -0.0665. The zero-order valence-electron chi connectivity index (χ0n) is 11.5. The molecule has 1 aliphatic rings. The van der Waals surface area contributed by atoms with Gasteiger partial charge in [0.25, 0.3) is 10.0 Å². The summed E-state index contributed by atoms with van der Waals surface area (Å²) in [6.45, 7) is 1.94. The molecule has 1 aromatic carbocycles. The summed E-state index contributed by atoms with van der Waals surface area (Å²) in [4.78, 5) is 3.99. The van der Waals surface area contributed by atoms with E-state index in [9.17, 15) is 12.8 Å². The molecule has 0 atom stereocenters. The van der Waals surface area contributed by atoms with Crippen LogP contribution in [0.3, 0.4) is 0 Å². The van der Waals surface area contributed by atoms with Crippen molar-refractivity contribution in [3.8, 4) is 0 Å². The van der Waals surface area contributed by atoms with Gasteiger partial charge in [0.2, 0.25) is 0 Å². The number of aliphatic hydroxyl groups is 1. The molecule has 0 saturated carbocycles. The first-order valence-corrected chi connectivity index (χ1v) is 8.66. The van der Waals surface area contributed by atoms with E-state index in [4.69, 9.17) is 5.11 Å². The van der Waals surface area contributed by atoms with Crippen molar-refractivity contribution in [1.29, 1.82) is 0 Å². The normalized spacial score (nSPS) is 18.1. The molecular weight excluding hydrogens is 365 g/mol. The quantitative estimate of drug-likeness (QED) is 0.795. The molecule has 1 aromatic rings. The Labute approximate surface area is 131 Å². The summed E-state index contributed by atoms with van der Waals surface area (Å²) in [7, 11) is -2.07. The molecule has 1 aliphatic heterocycles. The zero-order valence-corrected chi connectivity index (χ0v) is 13.9. The lowest BCUT2D eigenvalue weighted by atomic mass is 10.2. The van der Waals surface area contributed by atoms with Crippen molar-refractivity contribution in [3.05, 3.63) is 28.0 Å². The Morgan fingerprint density at radius 3 is 2.52 bits per heavy atom. The predicted octanol–water partition coefficient (Wildman–Crippen LogP) is 0.521. The minimum atomic E-state index is -4.02. The van der Waals surface area contributed by atoms with Gasteiger partial charge >= 0.3 is 0 Å². The topological polar surface area (TPSA) is 72.9 Å². The van der Waals surface area contributed by atoms with Crippen LogP contribution in [0, 0.1) is 5.82 Å². The molecule has 0 amide bonds. The van der Waals surface area contributed by atoms with Crippen molar-refractivity contribution in [3.63, 3.8) is 0 Å². The maximum absolute atomic E-state index is 14.1. The molecule has 6 nitrogen and oxygen atoms in total. The summed E-state index contributed by atoms with van der Waals surface area (Å²) in [6.07, 6.45) is 0. The molecule has 1 fully saturated rings. The Balaban J connectivity index is 2.25. The fourth-order valence-corrected chi connectivity index (χ4v) is 3.97. The van der Waals surface area contributed by atoms with E-state index in [1.807, 2.05) is 7.05 Å². The van der Waals surface area contributed by atoms with Crippen molar-refractivity contribution in [2.24, 2.45) is 0 Å². The third-order valence-electron chi connectivity index (χ3n) is 3.29. The summed E-state index contributed by atoms with van der Waals surface area (Å²) in [5.74, 6) is -0.928. The number of sulfonamides is 1. The number of hydrazine groups is 1. The van der Waals surface area contributed by atoms with E-state index < -0.39 is 27.3 Å². The molecule has 1 saturated heterocycles. The van der Waals surface area contributed by atoms with E-state index in [2.05, 4.69) is 25.7 Å². The van der Waals surface area contributed by atoms with Crippen LogP contribution in [0.2, 0.25) is 0 Å². The number of nitrogens with one attached hydrogen (secondary N) is 1. The van der Waals surface area contributed by atoms with Gasteiger partial charge in [-0.3, -0.25) is 0 Å². The van der Waals surface area contributed by atoms with Crippen LogP contribution in [0.25, 0.3) is 0 Å². The number of benzene rings is 1. The maximum Gasteiger partial charge on any atom is 0.256 e. The number of piperazine rings is 1. The van der Waals surface area contributed by atoms with Crippen molar-refractivity contribution < 1.29 is 17.9 Å². The van der Waals surface area contributed by atoms with Gasteiger partial charge in [0.1, 0.15) is 10.7 Å². The Bertz CT molecular complexity index is 618. The van der Waals surface area contributed by atoms with Crippen molar-refractivity contribution in [1.82, 2.24) is 14.7 Å². The van der Waals surface area contributed by atoms with Gasteiger partial charge in [-0.15, -0.1) is 4.83 Å². The minimum Gasteiger partial charge on any atom is -0.392 e. The smallest absolute Gasteiger partial charge is 0.256 e. The van der Waals surface area contributed by atoms with Gasteiger partial charge in [-0.2, -0.15) is 0 Å². The van der Waals surface area contributed by atoms with Crippen LogP contribution in [0.5, 0.6) is 0 Å². The summed E-state index contributed by atoms with van der Waals surface area (Å²) < 4.78 is 39.2. The van der Waals surface area contributed by atoms with Gasteiger partial charge in [-0.1, -0.05) is 15.9 Å². The molecule has 0 aromatic heterocycles. The number of hydrogen-bond acceptors (Lipinski definition) is 5. The van der Waals surface area contributed by atoms with Crippen molar-refractivity contribution >= 4 is 26.0 Å². The van der Waals surface area contributed by atoms with Gasteiger partial charge in [-0.05, 0) is 19.2 Å². The van der Waals surface area contributed by atoms with E-state index in [1.165, 1.54) is 12.1 Å².